The van der Waals surface area contributed by atoms with Gasteiger partial charge in [-0.05, 0) is 49.2 Å². The third kappa shape index (κ3) is 4.75. The first-order valence-corrected chi connectivity index (χ1v) is 11.9. The topological polar surface area (TPSA) is 88.8 Å². The molecule has 0 spiro atoms. The van der Waals surface area contributed by atoms with Crippen molar-refractivity contribution in [3.05, 3.63) is 54.3 Å². The van der Waals surface area contributed by atoms with E-state index in [9.17, 15) is 13.2 Å². The molecule has 7 nitrogen and oxygen atoms in total. The number of fused-ring (bicyclic) bond motifs is 1. The van der Waals surface area contributed by atoms with Gasteiger partial charge in [0.2, 0.25) is 15.9 Å². The van der Waals surface area contributed by atoms with Crippen molar-refractivity contribution in [2.45, 2.75) is 37.0 Å². The smallest absolute Gasteiger partial charge is 0.243 e. The van der Waals surface area contributed by atoms with Crippen LogP contribution in [0, 0.1) is 0 Å². The van der Waals surface area contributed by atoms with Crippen LogP contribution in [0.4, 0.5) is 5.69 Å². The minimum Gasteiger partial charge on any atom is -0.497 e. The first-order valence-electron chi connectivity index (χ1n) is 10.4. The molecule has 0 atom stereocenters. The molecule has 8 heteroatoms. The standard InChI is InChI=1S/C23H26N2O5S/c1-29-19-8-11-21-17(16-30-22(21)15-19)14-23(26)24-18-6-9-20(10-7-18)31(27,28)25-12-4-2-3-5-13-25/h6-11,15-16H,2-5,12-14H2,1H3,(H,24,26). The third-order valence-electron chi connectivity index (χ3n) is 5.55. The molecule has 1 aliphatic rings. The number of anilines is 1. The average molecular weight is 443 g/mol. The zero-order chi connectivity index (χ0) is 21.8. The van der Waals surface area contributed by atoms with Crippen molar-refractivity contribution in [2.75, 3.05) is 25.5 Å². The average Bonchev–Trinajstić information content (AvgIpc) is 2.97. The number of carbonyl (C=O) groups is 1. The minimum absolute atomic E-state index is 0.146. The van der Waals surface area contributed by atoms with Gasteiger partial charge < -0.3 is 14.5 Å². The normalized spacial score (nSPS) is 15.5. The zero-order valence-electron chi connectivity index (χ0n) is 17.5. The lowest BCUT2D eigenvalue weighted by Gasteiger charge is -2.20. The van der Waals surface area contributed by atoms with E-state index in [0.29, 0.717) is 30.1 Å². The summed E-state index contributed by atoms with van der Waals surface area (Å²) < 4.78 is 38.0. The van der Waals surface area contributed by atoms with E-state index < -0.39 is 10.0 Å². The fraction of sp³-hybridized carbons (Fsp3) is 0.348. The van der Waals surface area contributed by atoms with Gasteiger partial charge in [-0.1, -0.05) is 12.8 Å². The maximum Gasteiger partial charge on any atom is 0.243 e. The number of furan rings is 1. The van der Waals surface area contributed by atoms with Gasteiger partial charge in [-0.2, -0.15) is 4.31 Å². The number of hydrogen-bond donors (Lipinski definition) is 1. The SMILES string of the molecule is COc1ccc2c(CC(=O)Nc3ccc(S(=O)(=O)N4CCCCCC4)cc3)coc2c1. The molecule has 164 valence electrons. The highest BCUT2D eigenvalue weighted by atomic mass is 32.2. The Labute approximate surface area is 182 Å². The highest BCUT2D eigenvalue weighted by Crippen LogP contribution is 2.26. The second kappa shape index (κ2) is 9.11. The number of nitrogens with zero attached hydrogens (tertiary/aromatic N) is 1. The number of nitrogens with one attached hydrogen (secondary N) is 1. The lowest BCUT2D eigenvalue weighted by molar-refractivity contribution is -0.115. The van der Waals surface area contributed by atoms with Crippen LogP contribution in [0.15, 0.2) is 58.0 Å². The number of sulfonamides is 1. The first-order chi connectivity index (χ1) is 15.0. The summed E-state index contributed by atoms with van der Waals surface area (Å²) in [6.45, 7) is 1.12. The molecule has 0 saturated carbocycles. The van der Waals surface area contributed by atoms with E-state index in [1.165, 1.54) is 0 Å². The summed E-state index contributed by atoms with van der Waals surface area (Å²) in [4.78, 5) is 12.8. The third-order valence-corrected chi connectivity index (χ3v) is 7.47. The molecule has 2 aromatic carbocycles. The van der Waals surface area contributed by atoms with Crippen LogP contribution < -0.4 is 10.1 Å². The lowest BCUT2D eigenvalue weighted by Crippen LogP contribution is -2.31. The van der Waals surface area contributed by atoms with E-state index in [1.54, 1.807) is 48.0 Å². The predicted molar refractivity (Wildman–Crippen MR) is 119 cm³/mol. The van der Waals surface area contributed by atoms with E-state index in [0.717, 1.165) is 36.6 Å². The Morgan fingerprint density at radius 1 is 1.06 bits per heavy atom. The maximum absolute atomic E-state index is 12.9. The fourth-order valence-electron chi connectivity index (χ4n) is 3.85. The van der Waals surface area contributed by atoms with Crippen molar-refractivity contribution in [2.24, 2.45) is 0 Å². The van der Waals surface area contributed by atoms with E-state index in [-0.39, 0.29) is 17.2 Å². The van der Waals surface area contributed by atoms with Gasteiger partial charge >= 0.3 is 0 Å². The van der Waals surface area contributed by atoms with Gasteiger partial charge in [0.05, 0.1) is 24.7 Å². The predicted octanol–water partition coefficient (Wildman–Crippen LogP) is 4.19. The molecule has 0 unspecified atom stereocenters. The van der Waals surface area contributed by atoms with E-state index in [4.69, 9.17) is 9.15 Å². The number of ether oxygens (including phenoxy) is 1. The molecule has 1 fully saturated rings. The van der Waals surface area contributed by atoms with Gasteiger partial charge in [0.25, 0.3) is 0 Å². The van der Waals surface area contributed by atoms with Crippen LogP contribution in [0.2, 0.25) is 0 Å². The summed E-state index contributed by atoms with van der Waals surface area (Å²) in [6.07, 6.45) is 5.63. The zero-order valence-corrected chi connectivity index (χ0v) is 18.3. The van der Waals surface area contributed by atoms with Gasteiger partial charge in [0.15, 0.2) is 0 Å². The van der Waals surface area contributed by atoms with Gasteiger partial charge in [-0.25, -0.2) is 8.42 Å². The molecule has 1 saturated heterocycles. The van der Waals surface area contributed by atoms with Crippen molar-refractivity contribution in [1.29, 1.82) is 0 Å². The monoisotopic (exact) mass is 442 g/mol. The first kappa shape index (κ1) is 21.4. The van der Waals surface area contributed by atoms with Crippen LogP contribution >= 0.6 is 0 Å². The molecule has 1 N–H and O–H groups in total. The van der Waals surface area contributed by atoms with E-state index in [2.05, 4.69) is 5.32 Å². The van der Waals surface area contributed by atoms with Crippen molar-refractivity contribution in [3.8, 4) is 5.75 Å². The van der Waals surface area contributed by atoms with Crippen molar-refractivity contribution in [3.63, 3.8) is 0 Å². The molecule has 1 aromatic heterocycles. The van der Waals surface area contributed by atoms with E-state index >= 15 is 0 Å². The van der Waals surface area contributed by atoms with Crippen LogP contribution in [0.25, 0.3) is 11.0 Å². The molecular formula is C23H26N2O5S. The highest BCUT2D eigenvalue weighted by Gasteiger charge is 2.25. The summed E-state index contributed by atoms with van der Waals surface area (Å²) in [5.74, 6) is 0.481. The number of rotatable bonds is 6. The van der Waals surface area contributed by atoms with E-state index in [1.807, 2.05) is 12.1 Å². The molecule has 3 aromatic rings. The number of methoxy groups -OCH3 is 1. The van der Waals surface area contributed by atoms with Crippen LogP contribution in [-0.2, 0) is 21.2 Å². The van der Waals surface area contributed by atoms with Gasteiger partial charge in [0, 0.05) is 35.8 Å². The van der Waals surface area contributed by atoms with Gasteiger partial charge in [-0.3, -0.25) is 4.79 Å². The maximum atomic E-state index is 12.9. The Morgan fingerprint density at radius 2 is 1.77 bits per heavy atom. The molecule has 1 amide bonds. The summed E-state index contributed by atoms with van der Waals surface area (Å²) in [5, 5.41) is 3.68. The summed E-state index contributed by atoms with van der Waals surface area (Å²) >= 11 is 0. The number of amides is 1. The number of carbonyl (C=O) groups excluding carboxylic acids is 1. The molecule has 4 rings (SSSR count). The van der Waals surface area contributed by atoms with Crippen LogP contribution in [0.1, 0.15) is 31.2 Å². The Bertz CT molecular complexity index is 1160. The summed E-state index contributed by atoms with van der Waals surface area (Å²) in [7, 11) is -1.92. The van der Waals surface area contributed by atoms with Crippen LogP contribution in [-0.4, -0.2) is 38.8 Å². The molecule has 31 heavy (non-hydrogen) atoms. The second-order valence-corrected chi connectivity index (χ2v) is 9.63. The Kier molecular flexibility index (Phi) is 6.29. The van der Waals surface area contributed by atoms with Crippen molar-refractivity contribution in [1.82, 2.24) is 4.31 Å². The van der Waals surface area contributed by atoms with Crippen LogP contribution in [0.3, 0.4) is 0 Å². The molecule has 0 bridgehead atoms. The second-order valence-electron chi connectivity index (χ2n) is 7.69. The Hall–Kier alpha value is -2.84. The lowest BCUT2D eigenvalue weighted by atomic mass is 10.1. The minimum atomic E-state index is -3.50. The highest BCUT2D eigenvalue weighted by molar-refractivity contribution is 7.89. The molecule has 1 aliphatic heterocycles. The molecular weight excluding hydrogens is 416 g/mol. The summed E-state index contributed by atoms with van der Waals surface area (Å²) in [6, 6.07) is 11.8. The molecule has 0 aliphatic carbocycles. The molecule has 2 heterocycles. The summed E-state index contributed by atoms with van der Waals surface area (Å²) in [5.41, 5.74) is 1.98. The van der Waals surface area contributed by atoms with Gasteiger partial charge in [-0.15, -0.1) is 0 Å². The van der Waals surface area contributed by atoms with Gasteiger partial charge in [0.1, 0.15) is 11.3 Å². The molecule has 0 radical (unpaired) electrons. The number of hydrogen-bond acceptors (Lipinski definition) is 5. The fourth-order valence-corrected chi connectivity index (χ4v) is 5.36. The van der Waals surface area contributed by atoms with Crippen molar-refractivity contribution < 1.29 is 22.4 Å². The largest absolute Gasteiger partial charge is 0.497 e. The Morgan fingerprint density at radius 3 is 2.45 bits per heavy atom. The number of benzene rings is 2. The Balaban J connectivity index is 1.42. The van der Waals surface area contributed by atoms with Crippen LogP contribution in [0.5, 0.6) is 5.75 Å². The van der Waals surface area contributed by atoms with Crippen molar-refractivity contribution >= 4 is 32.6 Å². The quantitative estimate of drug-likeness (QED) is 0.618.